The predicted octanol–water partition coefficient (Wildman–Crippen LogP) is 4.76. The van der Waals surface area contributed by atoms with Crippen molar-refractivity contribution in [1.82, 2.24) is 0 Å². The van der Waals surface area contributed by atoms with Crippen LogP contribution in [0, 0.1) is 0 Å². The second-order valence-electron chi connectivity index (χ2n) is 4.31. The van der Waals surface area contributed by atoms with Crippen LogP contribution in [0.4, 0.5) is 0 Å². The van der Waals surface area contributed by atoms with Crippen LogP contribution in [0.25, 0.3) is 12.2 Å². The number of hydrogen-bond acceptors (Lipinski definition) is 0. The Labute approximate surface area is 109 Å². The fourth-order valence-corrected chi connectivity index (χ4v) is 2.19. The summed E-state index contributed by atoms with van der Waals surface area (Å²) in [5.74, 6) is 0. The molecule has 0 fully saturated rings. The maximum absolute atomic E-state index is 3.86. The van der Waals surface area contributed by atoms with Gasteiger partial charge in [-0.15, -0.1) is 0 Å². The van der Waals surface area contributed by atoms with Crippen LogP contribution in [0.5, 0.6) is 0 Å². The van der Waals surface area contributed by atoms with Gasteiger partial charge in [0.2, 0.25) is 0 Å². The zero-order chi connectivity index (χ0) is 12.8. The Balaban J connectivity index is 2.16. The van der Waals surface area contributed by atoms with Crippen molar-refractivity contribution in [2.75, 3.05) is 0 Å². The van der Waals surface area contributed by atoms with Gasteiger partial charge in [-0.2, -0.15) is 0 Å². The van der Waals surface area contributed by atoms with E-state index >= 15 is 0 Å². The fourth-order valence-electron chi connectivity index (χ4n) is 2.19. The highest BCUT2D eigenvalue weighted by Gasteiger charge is 2.02. The van der Waals surface area contributed by atoms with E-state index in [1.54, 1.807) is 0 Å². The van der Waals surface area contributed by atoms with Gasteiger partial charge in [-0.3, -0.25) is 0 Å². The molecule has 0 spiro atoms. The van der Waals surface area contributed by atoms with Gasteiger partial charge in [0.25, 0.3) is 0 Å². The molecule has 0 radical (unpaired) electrons. The van der Waals surface area contributed by atoms with Crippen LogP contribution >= 0.6 is 0 Å². The molecule has 2 rings (SSSR count). The van der Waals surface area contributed by atoms with Gasteiger partial charge in [-0.25, -0.2) is 0 Å². The zero-order valence-electron chi connectivity index (χ0n) is 10.6. The van der Waals surface area contributed by atoms with E-state index in [0.717, 1.165) is 12.8 Å². The minimum absolute atomic E-state index is 1.03. The molecule has 90 valence electrons. The predicted molar refractivity (Wildman–Crippen MR) is 80.5 cm³/mol. The van der Waals surface area contributed by atoms with Gasteiger partial charge in [0.15, 0.2) is 0 Å². The summed E-state index contributed by atoms with van der Waals surface area (Å²) < 4.78 is 0. The van der Waals surface area contributed by atoms with Crippen molar-refractivity contribution < 1.29 is 0 Å². The van der Waals surface area contributed by atoms with Crippen molar-refractivity contribution in [3.05, 3.63) is 83.9 Å². The van der Waals surface area contributed by atoms with E-state index in [-0.39, 0.29) is 0 Å². The molecule has 2 aromatic carbocycles. The molecule has 0 nitrogen and oxygen atoms in total. The van der Waals surface area contributed by atoms with Crippen LogP contribution in [0.2, 0.25) is 0 Å². The molecule has 0 aliphatic carbocycles. The zero-order valence-corrected chi connectivity index (χ0v) is 10.6. The summed E-state index contributed by atoms with van der Waals surface area (Å²) in [6.45, 7) is 7.73. The lowest BCUT2D eigenvalue weighted by molar-refractivity contribution is 0.955. The molecule has 2 aromatic rings. The largest absolute Gasteiger partial charge is 0.0985 e. The van der Waals surface area contributed by atoms with Crippen molar-refractivity contribution in [2.45, 2.75) is 12.8 Å². The molecular formula is C18H18. The lowest BCUT2D eigenvalue weighted by Gasteiger charge is -2.08. The summed E-state index contributed by atoms with van der Waals surface area (Å²) in [4.78, 5) is 0. The van der Waals surface area contributed by atoms with Crippen LogP contribution in [0.3, 0.4) is 0 Å². The Morgan fingerprint density at radius 3 is 1.44 bits per heavy atom. The van der Waals surface area contributed by atoms with Gasteiger partial charge in [0.05, 0.1) is 0 Å². The second kappa shape index (κ2) is 6.02. The van der Waals surface area contributed by atoms with Gasteiger partial charge in [-0.05, 0) is 35.1 Å². The van der Waals surface area contributed by atoms with Crippen molar-refractivity contribution >= 4 is 12.2 Å². The smallest absolute Gasteiger partial charge is 0.0230 e. The van der Waals surface area contributed by atoms with E-state index < -0.39 is 0 Å². The SMILES string of the molecule is C=Cc1ccccc1CCc1ccccc1C=C. The van der Waals surface area contributed by atoms with Crippen LogP contribution in [0.1, 0.15) is 22.3 Å². The maximum atomic E-state index is 3.86. The summed E-state index contributed by atoms with van der Waals surface area (Å²) in [6.07, 6.45) is 5.92. The third kappa shape index (κ3) is 2.78. The van der Waals surface area contributed by atoms with E-state index in [9.17, 15) is 0 Å². The highest BCUT2D eigenvalue weighted by Crippen LogP contribution is 2.16. The van der Waals surface area contributed by atoms with Crippen molar-refractivity contribution in [1.29, 1.82) is 0 Å². The number of benzene rings is 2. The first-order chi connectivity index (χ1) is 8.85. The Morgan fingerprint density at radius 1 is 0.667 bits per heavy atom. The summed E-state index contributed by atoms with van der Waals surface area (Å²) in [6, 6.07) is 16.9. The highest BCUT2D eigenvalue weighted by molar-refractivity contribution is 5.54. The quantitative estimate of drug-likeness (QED) is 0.700. The lowest BCUT2D eigenvalue weighted by atomic mass is 9.97. The van der Waals surface area contributed by atoms with Gasteiger partial charge in [-0.1, -0.05) is 73.8 Å². The van der Waals surface area contributed by atoms with E-state index in [1.807, 2.05) is 12.2 Å². The topological polar surface area (TPSA) is 0 Å². The van der Waals surface area contributed by atoms with E-state index in [0.29, 0.717) is 0 Å². The Kier molecular flexibility index (Phi) is 4.14. The molecule has 0 heterocycles. The monoisotopic (exact) mass is 234 g/mol. The molecule has 18 heavy (non-hydrogen) atoms. The van der Waals surface area contributed by atoms with Crippen LogP contribution < -0.4 is 0 Å². The van der Waals surface area contributed by atoms with Crippen LogP contribution in [-0.2, 0) is 12.8 Å². The molecule has 0 heteroatoms. The summed E-state index contributed by atoms with van der Waals surface area (Å²) in [5.41, 5.74) is 5.17. The average Bonchev–Trinajstić information content (AvgIpc) is 2.45. The van der Waals surface area contributed by atoms with Crippen LogP contribution in [0.15, 0.2) is 61.7 Å². The minimum Gasteiger partial charge on any atom is -0.0985 e. The van der Waals surface area contributed by atoms with E-state index in [1.165, 1.54) is 22.3 Å². The Morgan fingerprint density at radius 2 is 1.06 bits per heavy atom. The molecule has 0 amide bonds. The molecule has 0 bridgehead atoms. The third-order valence-electron chi connectivity index (χ3n) is 3.21. The first kappa shape index (κ1) is 12.4. The van der Waals surface area contributed by atoms with Crippen molar-refractivity contribution in [3.8, 4) is 0 Å². The normalized spacial score (nSPS) is 10.0. The number of aryl methyl sites for hydroxylation is 2. The standard InChI is InChI=1S/C18H18/c1-3-15-9-5-7-11-17(15)13-14-18-12-8-6-10-16(18)4-2/h3-12H,1-2,13-14H2. The van der Waals surface area contributed by atoms with Gasteiger partial charge >= 0.3 is 0 Å². The lowest BCUT2D eigenvalue weighted by Crippen LogP contribution is -1.95. The van der Waals surface area contributed by atoms with Gasteiger partial charge in [0, 0.05) is 0 Å². The maximum Gasteiger partial charge on any atom is -0.0230 e. The molecule has 0 unspecified atom stereocenters. The van der Waals surface area contributed by atoms with E-state index in [2.05, 4.69) is 61.7 Å². The van der Waals surface area contributed by atoms with E-state index in [4.69, 9.17) is 0 Å². The molecule has 0 aromatic heterocycles. The van der Waals surface area contributed by atoms with Crippen molar-refractivity contribution in [2.24, 2.45) is 0 Å². The molecule has 0 atom stereocenters. The second-order valence-corrected chi connectivity index (χ2v) is 4.31. The highest BCUT2D eigenvalue weighted by atomic mass is 14.1. The number of hydrogen-bond donors (Lipinski definition) is 0. The summed E-state index contributed by atoms with van der Waals surface area (Å²) >= 11 is 0. The molecule has 0 aliphatic heterocycles. The molecule has 0 saturated heterocycles. The average molecular weight is 234 g/mol. The first-order valence-corrected chi connectivity index (χ1v) is 6.26. The first-order valence-electron chi connectivity index (χ1n) is 6.26. The molecular weight excluding hydrogens is 216 g/mol. The molecule has 0 saturated carbocycles. The minimum atomic E-state index is 1.03. The summed E-state index contributed by atoms with van der Waals surface area (Å²) in [5, 5.41) is 0. The van der Waals surface area contributed by atoms with Gasteiger partial charge < -0.3 is 0 Å². The Bertz CT molecular complexity index is 498. The molecule has 0 N–H and O–H groups in total. The molecule has 0 aliphatic rings. The van der Waals surface area contributed by atoms with Crippen molar-refractivity contribution in [3.63, 3.8) is 0 Å². The van der Waals surface area contributed by atoms with Gasteiger partial charge in [0.1, 0.15) is 0 Å². The third-order valence-corrected chi connectivity index (χ3v) is 3.21. The number of rotatable bonds is 5. The fraction of sp³-hybridized carbons (Fsp3) is 0.111. The van der Waals surface area contributed by atoms with Crippen LogP contribution in [-0.4, -0.2) is 0 Å². The summed E-state index contributed by atoms with van der Waals surface area (Å²) in [7, 11) is 0. The Hall–Kier alpha value is -2.08.